The molecule has 0 amide bonds. The summed E-state index contributed by atoms with van der Waals surface area (Å²) >= 11 is 0. The van der Waals surface area contributed by atoms with E-state index in [0.29, 0.717) is 35.4 Å². The maximum absolute atomic E-state index is 12.3. The van der Waals surface area contributed by atoms with E-state index in [2.05, 4.69) is 0 Å². The molecule has 10 nitrogen and oxygen atoms in total. The number of nitrogens with zero attached hydrogens (tertiary/aromatic N) is 1. The maximum Gasteiger partial charge on any atom is 0.472 e. The number of rotatable bonds is 15. The van der Waals surface area contributed by atoms with Crippen LogP contribution in [0.3, 0.4) is 0 Å². The van der Waals surface area contributed by atoms with Crippen LogP contribution in [0.2, 0.25) is 0 Å². The number of hydrogen-bond acceptors (Lipinski definition) is 7. The monoisotopic (exact) mass is 549 g/mol. The summed E-state index contributed by atoms with van der Waals surface area (Å²) in [5.41, 5.74) is 0. The van der Waals surface area contributed by atoms with Crippen molar-refractivity contribution in [1.29, 1.82) is 0 Å². The van der Waals surface area contributed by atoms with Crippen LogP contribution in [0, 0.1) is 0 Å². The van der Waals surface area contributed by atoms with Gasteiger partial charge in [-0.3, -0.25) is 13.8 Å². The van der Waals surface area contributed by atoms with Crippen molar-refractivity contribution in [3.05, 3.63) is 66.7 Å². The fourth-order valence-electron chi connectivity index (χ4n) is 3.73. The van der Waals surface area contributed by atoms with Crippen LogP contribution in [0.1, 0.15) is 19.3 Å². The fourth-order valence-corrected chi connectivity index (χ4v) is 4.67. The highest BCUT2D eigenvalue weighted by atomic mass is 31.2. The summed E-state index contributed by atoms with van der Waals surface area (Å²) in [6.07, 6.45) is -0.297. The number of carbonyl (C=O) groups is 1. The number of phosphoric acid groups is 1. The fraction of sp³-hybridized carbons (Fsp3) is 0.370. The molecule has 0 saturated carbocycles. The smallest absolute Gasteiger partial charge is 0.472 e. The predicted octanol–water partition coefficient (Wildman–Crippen LogP) is 5.30. The molecular weight excluding hydrogens is 513 g/mol. The molecule has 38 heavy (non-hydrogen) atoms. The second-order valence-electron chi connectivity index (χ2n) is 9.74. The number of phosphoric ester groups is 1. The second-order valence-corrected chi connectivity index (χ2v) is 11.1. The lowest BCUT2D eigenvalue weighted by Gasteiger charge is -2.29. The van der Waals surface area contributed by atoms with Gasteiger partial charge in [-0.2, -0.15) is 0 Å². The van der Waals surface area contributed by atoms with Crippen molar-refractivity contribution in [2.75, 3.05) is 40.9 Å². The van der Waals surface area contributed by atoms with Crippen LogP contribution in [0.15, 0.2) is 66.7 Å². The molecule has 3 N–H and O–H groups in total. The summed E-state index contributed by atoms with van der Waals surface area (Å²) in [6.45, 7) is 0.604. The van der Waals surface area contributed by atoms with Gasteiger partial charge < -0.3 is 29.4 Å². The molecule has 0 aliphatic rings. The first-order valence-corrected chi connectivity index (χ1v) is 13.6. The zero-order valence-electron chi connectivity index (χ0n) is 21.9. The van der Waals surface area contributed by atoms with Crippen LogP contribution < -0.4 is 9.47 Å². The van der Waals surface area contributed by atoms with Gasteiger partial charge in [0.1, 0.15) is 29.9 Å². The van der Waals surface area contributed by atoms with Gasteiger partial charge >= 0.3 is 13.8 Å². The molecule has 3 rings (SSSR count). The molecule has 3 aromatic rings. The van der Waals surface area contributed by atoms with Gasteiger partial charge in [-0.1, -0.05) is 36.4 Å². The summed E-state index contributed by atoms with van der Waals surface area (Å²) in [5, 5.41) is 11.3. The van der Waals surface area contributed by atoms with Gasteiger partial charge in [0.2, 0.25) is 0 Å². The zero-order valence-corrected chi connectivity index (χ0v) is 22.8. The van der Waals surface area contributed by atoms with E-state index < -0.39 is 19.9 Å². The molecule has 0 fully saturated rings. The first-order valence-electron chi connectivity index (χ1n) is 12.1. The molecule has 0 aromatic heterocycles. The molecule has 0 radical (unpaired) electrons. The minimum absolute atomic E-state index is 0. The average Bonchev–Trinajstić information content (AvgIpc) is 2.79. The Kier molecular flexibility index (Phi) is 11.7. The van der Waals surface area contributed by atoms with Crippen molar-refractivity contribution >= 4 is 24.6 Å². The molecule has 11 heteroatoms. The molecule has 0 spiro atoms. The van der Waals surface area contributed by atoms with E-state index >= 15 is 0 Å². The number of hydrogen-bond donors (Lipinski definition) is 2. The zero-order chi connectivity index (χ0) is 26.9. The molecule has 0 aliphatic carbocycles. The van der Waals surface area contributed by atoms with Crippen LogP contribution in [-0.2, 0) is 18.4 Å². The summed E-state index contributed by atoms with van der Waals surface area (Å²) in [6, 6.07) is 21.3. The third-order valence-electron chi connectivity index (χ3n) is 5.26. The van der Waals surface area contributed by atoms with Crippen LogP contribution in [0.25, 0.3) is 10.8 Å². The Morgan fingerprint density at radius 1 is 0.895 bits per heavy atom. The first kappa shape index (κ1) is 31.2. The van der Waals surface area contributed by atoms with Gasteiger partial charge in [-0.15, -0.1) is 0 Å². The number of quaternary nitrogens is 1. The molecule has 0 saturated heterocycles. The number of carboxylic acid groups (broad SMARTS) is 1. The van der Waals surface area contributed by atoms with E-state index in [1.54, 1.807) is 6.07 Å². The van der Waals surface area contributed by atoms with Gasteiger partial charge in [0.15, 0.2) is 0 Å². The molecule has 208 valence electrons. The summed E-state index contributed by atoms with van der Waals surface area (Å²) < 4.78 is 34.6. The molecule has 3 aromatic carbocycles. The Labute approximate surface area is 222 Å². The minimum Gasteiger partial charge on any atom is -0.870 e. The Bertz CT molecular complexity index is 1230. The van der Waals surface area contributed by atoms with Crippen LogP contribution in [0.4, 0.5) is 0 Å². The first-order chi connectivity index (χ1) is 17.5. The third kappa shape index (κ3) is 11.2. The van der Waals surface area contributed by atoms with Crippen molar-refractivity contribution in [3.63, 3.8) is 0 Å². The highest BCUT2D eigenvalue weighted by molar-refractivity contribution is 7.47. The normalized spacial score (nSPS) is 13.8. The predicted molar refractivity (Wildman–Crippen MR) is 143 cm³/mol. The quantitative estimate of drug-likeness (QED) is 0.147. The van der Waals surface area contributed by atoms with E-state index in [9.17, 15) is 14.3 Å². The standard InChI is InChI=1S/C27H34NO8P.H2O/c1-28(2,3)20-26(19-27(29)30)36-37(31,32)34-16-7-6-15-33-23-11-8-12-24(18-23)35-25-14-13-21-9-4-5-10-22(21)17-25;/h4-5,8-14,17-18,26H,6-7,15-16,19-20H2,1-3H3,(H-,29,30,31,32);1H2/t26-;/m1./s1. The molecular formula is C27H36NO9P. The number of aliphatic carboxylic acids is 1. The Morgan fingerprint density at radius 2 is 1.55 bits per heavy atom. The van der Waals surface area contributed by atoms with Crippen LogP contribution >= 0.6 is 7.82 Å². The number of carboxylic acids is 1. The summed E-state index contributed by atoms with van der Waals surface area (Å²) in [7, 11) is 1.14. The van der Waals surface area contributed by atoms with Crippen LogP contribution in [-0.4, -0.2) is 72.9 Å². The Morgan fingerprint density at radius 3 is 2.26 bits per heavy atom. The van der Waals surface area contributed by atoms with Crippen molar-refractivity contribution < 1.29 is 47.8 Å². The van der Waals surface area contributed by atoms with E-state index in [1.165, 1.54) is 0 Å². The number of fused-ring (bicyclic) bond motifs is 1. The van der Waals surface area contributed by atoms with Gasteiger partial charge in [-0.25, -0.2) is 4.57 Å². The van der Waals surface area contributed by atoms with E-state index in [1.807, 2.05) is 81.8 Å². The van der Waals surface area contributed by atoms with E-state index in [4.69, 9.17) is 23.6 Å². The van der Waals surface area contributed by atoms with Crippen molar-refractivity contribution in [2.24, 2.45) is 0 Å². The van der Waals surface area contributed by atoms with Crippen LogP contribution in [0.5, 0.6) is 17.2 Å². The minimum atomic E-state index is -4.38. The van der Waals surface area contributed by atoms with E-state index in [-0.39, 0.29) is 25.0 Å². The second kappa shape index (κ2) is 14.2. The van der Waals surface area contributed by atoms with Gasteiger partial charge in [-0.05, 0) is 47.9 Å². The summed E-state index contributed by atoms with van der Waals surface area (Å²) in [5.74, 6) is 0.921. The lowest BCUT2D eigenvalue weighted by molar-refractivity contribution is -0.873. The van der Waals surface area contributed by atoms with E-state index in [0.717, 1.165) is 16.5 Å². The maximum atomic E-state index is 12.3. The molecule has 0 bridgehead atoms. The highest BCUT2D eigenvalue weighted by Crippen LogP contribution is 2.45. The van der Waals surface area contributed by atoms with Crippen molar-refractivity contribution in [1.82, 2.24) is 0 Å². The number of unbranched alkanes of at least 4 members (excludes halogenated alkanes) is 1. The van der Waals surface area contributed by atoms with Gasteiger partial charge in [0, 0.05) is 6.07 Å². The average molecular weight is 550 g/mol. The van der Waals surface area contributed by atoms with Gasteiger partial charge in [0.25, 0.3) is 0 Å². The molecule has 2 atom stereocenters. The SMILES string of the molecule is C[N+](C)(C)C[C@@H](CC(=O)O)OP(=O)(O)OCCCCOc1cccc(Oc2ccc3ccccc3c2)c1.[OH-]. The van der Waals surface area contributed by atoms with Crippen molar-refractivity contribution in [3.8, 4) is 17.2 Å². The largest absolute Gasteiger partial charge is 0.870 e. The lowest BCUT2D eigenvalue weighted by Crippen LogP contribution is -2.42. The highest BCUT2D eigenvalue weighted by Gasteiger charge is 2.31. The number of benzene rings is 3. The topological polar surface area (TPSA) is 142 Å². The molecule has 0 aliphatic heterocycles. The summed E-state index contributed by atoms with van der Waals surface area (Å²) in [4.78, 5) is 21.1. The molecule has 1 unspecified atom stereocenters. The third-order valence-corrected chi connectivity index (χ3v) is 6.33. The lowest BCUT2D eigenvalue weighted by atomic mass is 10.1. The number of ether oxygens (including phenoxy) is 2. The molecule has 0 heterocycles. The Balaban J connectivity index is 0.00000507. The number of likely N-dealkylation sites (N-methyl/N-ethyl adjacent to an activating group) is 1. The Hall–Kier alpha value is -2.98. The van der Waals surface area contributed by atoms with Gasteiger partial charge in [0.05, 0.1) is 40.8 Å². The van der Waals surface area contributed by atoms with Crippen molar-refractivity contribution in [2.45, 2.75) is 25.4 Å².